The molecule has 7 nitrogen and oxygen atoms in total. The number of amides is 2. The van der Waals surface area contributed by atoms with E-state index in [9.17, 15) is 18.0 Å². The molecule has 1 atom stereocenters. The molecule has 0 bridgehead atoms. The Kier molecular flexibility index (Phi) is 10.1. The SMILES string of the molecule is CC(C)NC(=O)C(C)N(Cc1ccccc1Cl)C(=O)CN(c1cccc(Cl)c1)S(=O)(=O)c1ccc(Cl)cc1. The molecule has 0 heterocycles. The van der Waals surface area contributed by atoms with Crippen LogP contribution >= 0.6 is 34.8 Å². The van der Waals surface area contributed by atoms with Gasteiger partial charge in [0.05, 0.1) is 10.6 Å². The molecule has 3 rings (SSSR count). The van der Waals surface area contributed by atoms with Gasteiger partial charge in [0.25, 0.3) is 10.0 Å². The van der Waals surface area contributed by atoms with Crippen LogP contribution in [0.4, 0.5) is 5.69 Å². The molecule has 2 amide bonds. The van der Waals surface area contributed by atoms with Gasteiger partial charge >= 0.3 is 0 Å². The molecule has 202 valence electrons. The number of hydrogen-bond donors (Lipinski definition) is 1. The Morgan fingerprint density at radius 3 is 2.13 bits per heavy atom. The van der Waals surface area contributed by atoms with Crippen LogP contribution in [-0.4, -0.2) is 43.8 Å². The van der Waals surface area contributed by atoms with Crippen molar-refractivity contribution in [1.29, 1.82) is 0 Å². The fourth-order valence-corrected chi connectivity index (χ4v) is 5.60. The number of rotatable bonds is 10. The van der Waals surface area contributed by atoms with Crippen molar-refractivity contribution in [3.05, 3.63) is 93.4 Å². The predicted molar refractivity (Wildman–Crippen MR) is 152 cm³/mol. The van der Waals surface area contributed by atoms with Crippen molar-refractivity contribution in [3.8, 4) is 0 Å². The number of nitrogens with zero attached hydrogens (tertiary/aromatic N) is 2. The molecule has 0 aromatic heterocycles. The van der Waals surface area contributed by atoms with E-state index in [-0.39, 0.29) is 29.1 Å². The lowest BCUT2D eigenvalue weighted by Gasteiger charge is -2.32. The van der Waals surface area contributed by atoms with Crippen LogP contribution in [0.25, 0.3) is 0 Å². The minimum absolute atomic E-state index is 0.00440. The number of nitrogens with one attached hydrogen (secondary N) is 1. The summed E-state index contributed by atoms with van der Waals surface area (Å²) in [6.07, 6.45) is 0. The zero-order chi connectivity index (χ0) is 28.0. The monoisotopic (exact) mass is 595 g/mol. The molecule has 0 aliphatic heterocycles. The first kappa shape index (κ1) is 29.8. The fourth-order valence-electron chi connectivity index (χ4n) is 3.69. The van der Waals surface area contributed by atoms with Crippen molar-refractivity contribution < 1.29 is 18.0 Å². The fraction of sp³-hybridized carbons (Fsp3) is 0.259. The van der Waals surface area contributed by atoms with E-state index in [2.05, 4.69) is 5.32 Å². The zero-order valence-electron chi connectivity index (χ0n) is 21.1. The van der Waals surface area contributed by atoms with E-state index in [0.29, 0.717) is 20.6 Å². The molecule has 0 aliphatic rings. The van der Waals surface area contributed by atoms with Gasteiger partial charge in [-0.3, -0.25) is 13.9 Å². The smallest absolute Gasteiger partial charge is 0.264 e. The molecule has 0 fully saturated rings. The Balaban J connectivity index is 2.04. The van der Waals surface area contributed by atoms with Gasteiger partial charge in [0.15, 0.2) is 0 Å². The molecule has 0 spiro atoms. The summed E-state index contributed by atoms with van der Waals surface area (Å²) in [6, 6.07) is 17.7. The maximum Gasteiger partial charge on any atom is 0.264 e. The lowest BCUT2D eigenvalue weighted by atomic mass is 10.1. The summed E-state index contributed by atoms with van der Waals surface area (Å²) in [5, 5.41) is 3.88. The number of carbonyl (C=O) groups excluding carboxylic acids is 2. The molecule has 11 heteroatoms. The highest BCUT2D eigenvalue weighted by Gasteiger charge is 2.33. The molecule has 1 N–H and O–H groups in total. The normalized spacial score (nSPS) is 12.2. The van der Waals surface area contributed by atoms with Crippen LogP contribution in [0.2, 0.25) is 15.1 Å². The van der Waals surface area contributed by atoms with Gasteiger partial charge < -0.3 is 10.2 Å². The lowest BCUT2D eigenvalue weighted by Crippen LogP contribution is -2.52. The standard InChI is InChI=1S/C27H28Cl3N3O4S/c1-18(2)31-27(35)19(3)32(16-20-7-4-5-10-25(20)30)26(34)17-33(23-9-6-8-22(29)15-23)38(36,37)24-13-11-21(28)12-14-24/h4-15,18-19H,16-17H2,1-3H3,(H,31,35). The Hall–Kier alpha value is -2.78. The molecule has 38 heavy (non-hydrogen) atoms. The van der Waals surface area contributed by atoms with E-state index in [1.165, 1.54) is 35.2 Å². The Bertz CT molecular complexity index is 1400. The van der Waals surface area contributed by atoms with Crippen molar-refractivity contribution in [2.24, 2.45) is 0 Å². The Labute approximate surface area is 238 Å². The van der Waals surface area contributed by atoms with Gasteiger partial charge in [0.2, 0.25) is 11.8 Å². The van der Waals surface area contributed by atoms with Crippen LogP contribution in [0.3, 0.4) is 0 Å². The summed E-state index contributed by atoms with van der Waals surface area (Å²) < 4.78 is 28.5. The highest BCUT2D eigenvalue weighted by Crippen LogP contribution is 2.28. The van der Waals surface area contributed by atoms with Crippen molar-refractivity contribution in [1.82, 2.24) is 10.2 Å². The number of anilines is 1. The number of halogens is 3. The molecule has 0 saturated heterocycles. The highest BCUT2D eigenvalue weighted by molar-refractivity contribution is 7.92. The van der Waals surface area contributed by atoms with Crippen LogP contribution in [-0.2, 0) is 26.2 Å². The second-order valence-corrected chi connectivity index (χ2v) is 12.0. The number of sulfonamides is 1. The average Bonchev–Trinajstić information content (AvgIpc) is 2.86. The second kappa shape index (κ2) is 12.8. The van der Waals surface area contributed by atoms with Gasteiger partial charge in [-0.1, -0.05) is 59.1 Å². The van der Waals surface area contributed by atoms with E-state index in [4.69, 9.17) is 34.8 Å². The first-order chi connectivity index (χ1) is 17.9. The number of hydrogen-bond acceptors (Lipinski definition) is 4. The predicted octanol–water partition coefficient (Wildman–Crippen LogP) is 5.78. The summed E-state index contributed by atoms with van der Waals surface area (Å²) >= 11 is 18.5. The molecule has 1 unspecified atom stereocenters. The van der Waals surface area contributed by atoms with Crippen LogP contribution in [0.1, 0.15) is 26.3 Å². The van der Waals surface area contributed by atoms with Crippen molar-refractivity contribution >= 4 is 62.3 Å². The lowest BCUT2D eigenvalue weighted by molar-refractivity contribution is -0.139. The van der Waals surface area contributed by atoms with E-state index >= 15 is 0 Å². The molecule has 0 aliphatic carbocycles. The molecule has 0 saturated carbocycles. The van der Waals surface area contributed by atoms with E-state index in [1.54, 1.807) is 49.4 Å². The Morgan fingerprint density at radius 1 is 0.868 bits per heavy atom. The Morgan fingerprint density at radius 2 is 1.53 bits per heavy atom. The number of benzene rings is 3. The second-order valence-electron chi connectivity index (χ2n) is 8.90. The number of carbonyl (C=O) groups is 2. The third-order valence-corrected chi connectivity index (χ3v) is 8.32. The van der Waals surface area contributed by atoms with Crippen LogP contribution in [0.15, 0.2) is 77.7 Å². The molecular formula is C27H28Cl3N3O4S. The van der Waals surface area contributed by atoms with E-state index in [0.717, 1.165) is 4.31 Å². The van der Waals surface area contributed by atoms with Gasteiger partial charge in [0, 0.05) is 27.7 Å². The van der Waals surface area contributed by atoms with Gasteiger partial charge in [-0.25, -0.2) is 8.42 Å². The van der Waals surface area contributed by atoms with Crippen LogP contribution in [0, 0.1) is 0 Å². The maximum absolute atomic E-state index is 13.8. The third kappa shape index (κ3) is 7.41. The summed E-state index contributed by atoms with van der Waals surface area (Å²) in [5.41, 5.74) is 0.805. The first-order valence-corrected chi connectivity index (χ1v) is 14.3. The average molecular weight is 597 g/mol. The van der Waals surface area contributed by atoms with E-state index in [1.807, 2.05) is 13.8 Å². The van der Waals surface area contributed by atoms with Crippen LogP contribution < -0.4 is 9.62 Å². The third-order valence-electron chi connectivity index (χ3n) is 5.67. The van der Waals surface area contributed by atoms with Crippen molar-refractivity contribution in [3.63, 3.8) is 0 Å². The minimum Gasteiger partial charge on any atom is -0.352 e. The van der Waals surface area contributed by atoms with Gasteiger partial charge in [-0.2, -0.15) is 0 Å². The maximum atomic E-state index is 13.8. The summed E-state index contributed by atoms with van der Waals surface area (Å²) in [4.78, 5) is 28.0. The van der Waals surface area contributed by atoms with E-state index < -0.39 is 28.5 Å². The van der Waals surface area contributed by atoms with Crippen LogP contribution in [0.5, 0.6) is 0 Å². The molecule has 0 radical (unpaired) electrons. The zero-order valence-corrected chi connectivity index (χ0v) is 24.2. The summed E-state index contributed by atoms with van der Waals surface area (Å²) in [7, 11) is -4.22. The quantitative estimate of drug-likeness (QED) is 0.321. The highest BCUT2D eigenvalue weighted by atomic mass is 35.5. The van der Waals surface area contributed by atoms with Gasteiger partial charge in [-0.05, 0) is 74.9 Å². The van der Waals surface area contributed by atoms with Gasteiger partial charge in [-0.15, -0.1) is 0 Å². The topological polar surface area (TPSA) is 86.8 Å². The molecular weight excluding hydrogens is 569 g/mol. The minimum atomic E-state index is -4.22. The van der Waals surface area contributed by atoms with Crippen molar-refractivity contribution in [2.75, 3.05) is 10.8 Å². The first-order valence-electron chi connectivity index (χ1n) is 11.8. The largest absolute Gasteiger partial charge is 0.352 e. The summed E-state index contributed by atoms with van der Waals surface area (Å²) in [6.45, 7) is 4.61. The summed E-state index contributed by atoms with van der Waals surface area (Å²) in [5.74, 6) is -0.982. The van der Waals surface area contributed by atoms with Crippen molar-refractivity contribution in [2.45, 2.75) is 44.3 Å². The molecule has 3 aromatic carbocycles. The van der Waals surface area contributed by atoms with Gasteiger partial charge in [0.1, 0.15) is 12.6 Å². The molecule has 3 aromatic rings.